The SMILES string of the molecule is CCCCC[C@H]1C[C@H](O)C[C@@H]2C[C@H](C)OCN21. The fraction of sp³-hybridized carbons (Fsp3) is 1.00. The van der Waals surface area contributed by atoms with Crippen molar-refractivity contribution in [3.05, 3.63) is 0 Å². The monoisotopic (exact) mass is 241 g/mol. The molecule has 2 rings (SSSR count). The van der Waals surface area contributed by atoms with E-state index in [1.807, 2.05) is 0 Å². The Morgan fingerprint density at radius 1 is 1.24 bits per heavy atom. The van der Waals surface area contributed by atoms with Crippen LogP contribution in [-0.4, -0.2) is 41.0 Å². The first kappa shape index (κ1) is 13.3. The molecule has 3 heteroatoms. The van der Waals surface area contributed by atoms with Crippen LogP contribution in [0.15, 0.2) is 0 Å². The first-order valence-corrected chi connectivity index (χ1v) is 7.26. The minimum Gasteiger partial charge on any atom is -0.393 e. The number of hydrogen-bond acceptors (Lipinski definition) is 3. The highest BCUT2D eigenvalue weighted by Crippen LogP contribution is 2.32. The average Bonchev–Trinajstić information content (AvgIpc) is 2.28. The number of ether oxygens (including phenoxy) is 1. The first-order valence-electron chi connectivity index (χ1n) is 7.26. The zero-order chi connectivity index (χ0) is 12.3. The van der Waals surface area contributed by atoms with Gasteiger partial charge >= 0.3 is 0 Å². The summed E-state index contributed by atoms with van der Waals surface area (Å²) < 4.78 is 5.76. The molecule has 0 aromatic rings. The Morgan fingerprint density at radius 2 is 2.06 bits per heavy atom. The van der Waals surface area contributed by atoms with Crippen LogP contribution in [0, 0.1) is 0 Å². The van der Waals surface area contributed by atoms with Crippen LogP contribution in [-0.2, 0) is 4.74 Å². The lowest BCUT2D eigenvalue weighted by atomic mass is 9.87. The summed E-state index contributed by atoms with van der Waals surface area (Å²) in [5, 5.41) is 9.99. The highest BCUT2D eigenvalue weighted by Gasteiger charge is 2.37. The van der Waals surface area contributed by atoms with Crippen LogP contribution in [0.2, 0.25) is 0 Å². The van der Waals surface area contributed by atoms with Crippen molar-refractivity contribution in [2.24, 2.45) is 0 Å². The van der Waals surface area contributed by atoms with E-state index in [0.717, 1.165) is 26.0 Å². The van der Waals surface area contributed by atoms with Gasteiger partial charge in [0.25, 0.3) is 0 Å². The minimum absolute atomic E-state index is 0.0897. The van der Waals surface area contributed by atoms with Gasteiger partial charge in [0, 0.05) is 12.1 Å². The first-order chi connectivity index (χ1) is 8.20. The van der Waals surface area contributed by atoms with Gasteiger partial charge in [0.05, 0.1) is 18.9 Å². The molecule has 0 spiro atoms. The Morgan fingerprint density at radius 3 is 2.82 bits per heavy atom. The van der Waals surface area contributed by atoms with Crippen LogP contribution in [0.5, 0.6) is 0 Å². The van der Waals surface area contributed by atoms with Gasteiger partial charge in [-0.15, -0.1) is 0 Å². The maximum atomic E-state index is 9.99. The number of hydrogen-bond donors (Lipinski definition) is 1. The Labute approximate surface area is 105 Å². The lowest BCUT2D eigenvalue weighted by molar-refractivity contribution is -0.139. The van der Waals surface area contributed by atoms with Crippen molar-refractivity contribution < 1.29 is 9.84 Å². The lowest BCUT2D eigenvalue weighted by Gasteiger charge is -2.48. The van der Waals surface area contributed by atoms with Crippen LogP contribution in [0.1, 0.15) is 58.8 Å². The molecule has 100 valence electrons. The summed E-state index contributed by atoms with van der Waals surface area (Å²) in [4.78, 5) is 2.50. The quantitative estimate of drug-likeness (QED) is 0.768. The predicted octanol–water partition coefficient (Wildman–Crippen LogP) is 2.53. The highest BCUT2D eigenvalue weighted by atomic mass is 16.5. The Kier molecular flexibility index (Phi) is 4.83. The van der Waals surface area contributed by atoms with E-state index in [-0.39, 0.29) is 6.10 Å². The van der Waals surface area contributed by atoms with E-state index in [9.17, 15) is 5.11 Å². The summed E-state index contributed by atoms with van der Waals surface area (Å²) in [5.74, 6) is 0. The lowest BCUT2D eigenvalue weighted by Crippen LogP contribution is -2.55. The summed E-state index contributed by atoms with van der Waals surface area (Å²) >= 11 is 0. The third-order valence-electron chi connectivity index (χ3n) is 4.28. The van der Waals surface area contributed by atoms with E-state index in [0.29, 0.717) is 18.2 Å². The molecule has 2 aliphatic heterocycles. The molecule has 0 aromatic heterocycles. The smallest absolute Gasteiger partial charge is 0.0998 e. The number of fused-ring (bicyclic) bond motifs is 1. The number of aliphatic hydroxyl groups excluding tert-OH is 1. The summed E-state index contributed by atoms with van der Waals surface area (Å²) in [6.07, 6.45) is 8.32. The second-order valence-electron chi connectivity index (χ2n) is 5.78. The minimum atomic E-state index is -0.0897. The van der Waals surface area contributed by atoms with Gasteiger partial charge in [-0.25, -0.2) is 0 Å². The third-order valence-corrected chi connectivity index (χ3v) is 4.28. The van der Waals surface area contributed by atoms with E-state index >= 15 is 0 Å². The molecule has 3 nitrogen and oxygen atoms in total. The number of aliphatic hydroxyl groups is 1. The van der Waals surface area contributed by atoms with Gasteiger partial charge in [-0.2, -0.15) is 0 Å². The maximum absolute atomic E-state index is 9.99. The van der Waals surface area contributed by atoms with Crippen molar-refractivity contribution in [3.63, 3.8) is 0 Å². The fourth-order valence-electron chi connectivity index (χ4n) is 3.31. The standard InChI is InChI=1S/C14H27NO2/c1-3-4-5-6-12-8-14(16)9-13-7-11(2)17-10-15(12)13/h11-14,16H,3-10H2,1-2H3/t11-,12-,13-,14-/m0/s1. The fourth-order valence-corrected chi connectivity index (χ4v) is 3.31. The Hall–Kier alpha value is -0.120. The number of unbranched alkanes of at least 4 members (excludes halogenated alkanes) is 2. The molecular weight excluding hydrogens is 214 g/mol. The summed E-state index contributed by atoms with van der Waals surface area (Å²) in [5.41, 5.74) is 0. The summed E-state index contributed by atoms with van der Waals surface area (Å²) in [6.45, 7) is 5.16. The van der Waals surface area contributed by atoms with Crippen LogP contribution in [0.25, 0.3) is 0 Å². The zero-order valence-corrected chi connectivity index (χ0v) is 11.3. The van der Waals surface area contributed by atoms with Crippen molar-refractivity contribution in [1.82, 2.24) is 4.90 Å². The topological polar surface area (TPSA) is 32.7 Å². The van der Waals surface area contributed by atoms with Crippen LogP contribution in [0.4, 0.5) is 0 Å². The van der Waals surface area contributed by atoms with E-state index < -0.39 is 0 Å². The molecule has 0 amide bonds. The molecular formula is C14H27NO2. The molecule has 4 atom stereocenters. The molecule has 2 heterocycles. The van der Waals surface area contributed by atoms with Gasteiger partial charge < -0.3 is 9.84 Å². The van der Waals surface area contributed by atoms with Gasteiger partial charge in [-0.05, 0) is 32.6 Å². The molecule has 1 N–H and O–H groups in total. The Balaban J connectivity index is 1.90. The maximum Gasteiger partial charge on any atom is 0.0998 e. The molecule has 0 radical (unpaired) electrons. The second kappa shape index (κ2) is 6.17. The van der Waals surface area contributed by atoms with Gasteiger partial charge in [-0.3, -0.25) is 4.90 Å². The normalized spacial score (nSPS) is 39.0. The number of nitrogens with zero attached hydrogens (tertiary/aromatic N) is 1. The highest BCUT2D eigenvalue weighted by molar-refractivity contribution is 4.90. The molecule has 0 unspecified atom stereocenters. The number of rotatable bonds is 4. The van der Waals surface area contributed by atoms with Gasteiger partial charge in [0.1, 0.15) is 0 Å². The predicted molar refractivity (Wildman–Crippen MR) is 68.8 cm³/mol. The van der Waals surface area contributed by atoms with E-state index in [1.165, 1.54) is 25.7 Å². The molecule has 0 aliphatic carbocycles. The van der Waals surface area contributed by atoms with Crippen LogP contribution >= 0.6 is 0 Å². The Bertz CT molecular complexity index is 232. The van der Waals surface area contributed by atoms with Crippen LogP contribution < -0.4 is 0 Å². The van der Waals surface area contributed by atoms with Crippen molar-refractivity contribution in [1.29, 1.82) is 0 Å². The molecule has 2 fully saturated rings. The summed E-state index contributed by atoms with van der Waals surface area (Å²) in [6, 6.07) is 1.09. The van der Waals surface area contributed by atoms with Crippen molar-refractivity contribution >= 4 is 0 Å². The summed E-state index contributed by atoms with van der Waals surface area (Å²) in [7, 11) is 0. The average molecular weight is 241 g/mol. The third kappa shape index (κ3) is 3.43. The van der Waals surface area contributed by atoms with Crippen molar-refractivity contribution in [2.45, 2.75) is 83.1 Å². The second-order valence-corrected chi connectivity index (χ2v) is 5.78. The van der Waals surface area contributed by atoms with Crippen LogP contribution in [0.3, 0.4) is 0 Å². The van der Waals surface area contributed by atoms with E-state index in [1.54, 1.807) is 0 Å². The van der Waals surface area contributed by atoms with Gasteiger partial charge in [0.2, 0.25) is 0 Å². The van der Waals surface area contributed by atoms with Crippen molar-refractivity contribution in [3.8, 4) is 0 Å². The largest absolute Gasteiger partial charge is 0.393 e. The molecule has 0 saturated carbocycles. The van der Waals surface area contributed by atoms with Gasteiger partial charge in [0.15, 0.2) is 0 Å². The van der Waals surface area contributed by atoms with E-state index in [4.69, 9.17) is 4.74 Å². The molecule has 2 aliphatic rings. The zero-order valence-electron chi connectivity index (χ0n) is 11.3. The molecule has 17 heavy (non-hydrogen) atoms. The number of piperidine rings is 1. The molecule has 2 saturated heterocycles. The molecule has 0 bridgehead atoms. The molecule has 0 aromatic carbocycles. The van der Waals surface area contributed by atoms with Gasteiger partial charge in [-0.1, -0.05) is 26.2 Å². The van der Waals surface area contributed by atoms with Crippen molar-refractivity contribution in [2.75, 3.05) is 6.73 Å². The van der Waals surface area contributed by atoms with E-state index in [2.05, 4.69) is 18.7 Å².